The second-order valence-corrected chi connectivity index (χ2v) is 8.56. The van der Waals surface area contributed by atoms with Gasteiger partial charge < -0.3 is 15.0 Å². The molecule has 0 saturated heterocycles. The predicted octanol–water partition coefficient (Wildman–Crippen LogP) is 7.18. The third-order valence-electron chi connectivity index (χ3n) is 5.22. The Hall–Kier alpha value is -4.36. The third kappa shape index (κ3) is 4.95. The highest BCUT2D eigenvalue weighted by molar-refractivity contribution is 7.14. The van der Waals surface area contributed by atoms with E-state index in [1.54, 1.807) is 18.2 Å². The Kier molecular flexibility index (Phi) is 5.62. The average Bonchev–Trinajstić information content (AvgIpc) is 3.45. The van der Waals surface area contributed by atoms with Gasteiger partial charge in [0.15, 0.2) is 5.13 Å². The van der Waals surface area contributed by atoms with E-state index in [4.69, 9.17) is 5.26 Å². The molecule has 0 aliphatic carbocycles. The Morgan fingerprint density at radius 3 is 2.57 bits per heavy atom. The molecule has 5 aromatic rings. The first-order valence-electron chi connectivity index (χ1n) is 10.4. The second-order valence-electron chi connectivity index (χ2n) is 7.70. The lowest BCUT2D eigenvalue weighted by Gasteiger charge is -2.09. The van der Waals surface area contributed by atoms with Gasteiger partial charge in [-0.15, -0.1) is 24.5 Å². The van der Waals surface area contributed by atoms with Crippen molar-refractivity contribution in [3.8, 4) is 34.5 Å². The van der Waals surface area contributed by atoms with E-state index in [0.29, 0.717) is 27.6 Å². The van der Waals surface area contributed by atoms with Crippen molar-refractivity contribution >= 4 is 33.2 Å². The first kappa shape index (κ1) is 22.4. The van der Waals surface area contributed by atoms with Crippen LogP contribution in [0.1, 0.15) is 11.1 Å². The quantitative estimate of drug-likeness (QED) is 0.272. The summed E-state index contributed by atoms with van der Waals surface area (Å²) in [7, 11) is 0. The summed E-state index contributed by atoms with van der Waals surface area (Å²) in [6, 6.07) is 18.8. The molecule has 0 radical (unpaired) electrons. The summed E-state index contributed by atoms with van der Waals surface area (Å²) >= 11 is 1.45. The number of nitrogens with one attached hydrogen (secondary N) is 2. The molecule has 3 aromatic carbocycles. The zero-order valence-electron chi connectivity index (χ0n) is 18.1. The number of anilines is 2. The van der Waals surface area contributed by atoms with Crippen molar-refractivity contribution < 1.29 is 17.9 Å². The number of hydrogen-bond acceptors (Lipinski definition) is 6. The number of nitrogens with zero attached hydrogens (tertiary/aromatic N) is 3. The van der Waals surface area contributed by atoms with Crippen molar-refractivity contribution in [2.24, 2.45) is 0 Å². The fraction of sp³-hybridized carbons (Fsp3) is 0.0800. The van der Waals surface area contributed by atoms with E-state index >= 15 is 0 Å². The summed E-state index contributed by atoms with van der Waals surface area (Å²) in [5.74, 6) is 0.123. The van der Waals surface area contributed by atoms with Gasteiger partial charge in [-0.1, -0.05) is 24.3 Å². The minimum Gasteiger partial charge on any atom is -0.406 e. The number of alkyl halides is 3. The zero-order chi connectivity index (χ0) is 24.6. The van der Waals surface area contributed by atoms with E-state index in [-0.39, 0.29) is 5.75 Å². The number of fused-ring (bicyclic) bond motifs is 1. The molecule has 2 aromatic heterocycles. The third-order valence-corrected chi connectivity index (χ3v) is 5.98. The molecule has 0 amide bonds. The molecule has 10 heteroatoms. The van der Waals surface area contributed by atoms with Crippen molar-refractivity contribution in [1.82, 2.24) is 15.0 Å². The summed E-state index contributed by atoms with van der Waals surface area (Å²) in [6.07, 6.45) is -4.76. The summed E-state index contributed by atoms with van der Waals surface area (Å²) in [5.41, 5.74) is 5.93. The Morgan fingerprint density at radius 2 is 1.83 bits per heavy atom. The number of aromatic nitrogens is 3. The van der Waals surface area contributed by atoms with Crippen LogP contribution >= 0.6 is 11.3 Å². The smallest absolute Gasteiger partial charge is 0.406 e. The van der Waals surface area contributed by atoms with Gasteiger partial charge in [-0.05, 0) is 48.9 Å². The number of imidazole rings is 1. The highest BCUT2D eigenvalue weighted by Gasteiger charge is 2.31. The zero-order valence-corrected chi connectivity index (χ0v) is 19.0. The number of halogens is 3. The summed E-state index contributed by atoms with van der Waals surface area (Å²) in [6.45, 7) is 1.93. The molecule has 0 unspecified atom stereocenters. The predicted molar refractivity (Wildman–Crippen MR) is 128 cm³/mol. The molecule has 2 heterocycles. The highest BCUT2D eigenvalue weighted by atomic mass is 32.1. The molecule has 6 nitrogen and oxygen atoms in total. The topological polar surface area (TPSA) is 86.6 Å². The molecule has 5 rings (SSSR count). The molecule has 0 saturated carbocycles. The van der Waals surface area contributed by atoms with Gasteiger partial charge in [-0.25, -0.2) is 9.97 Å². The van der Waals surface area contributed by atoms with Crippen LogP contribution in [0.15, 0.2) is 66.0 Å². The van der Waals surface area contributed by atoms with Gasteiger partial charge in [0.2, 0.25) is 0 Å². The number of aromatic amines is 1. The fourth-order valence-electron chi connectivity index (χ4n) is 3.57. The van der Waals surface area contributed by atoms with Crippen LogP contribution in [-0.2, 0) is 0 Å². The monoisotopic (exact) mass is 491 g/mol. The molecule has 0 spiro atoms. The normalized spacial score (nSPS) is 11.4. The molecule has 174 valence electrons. The summed E-state index contributed by atoms with van der Waals surface area (Å²) in [4.78, 5) is 12.3. The van der Waals surface area contributed by atoms with E-state index in [0.717, 1.165) is 28.0 Å². The van der Waals surface area contributed by atoms with Crippen LogP contribution in [-0.4, -0.2) is 21.3 Å². The first-order chi connectivity index (χ1) is 16.8. The lowest BCUT2D eigenvalue weighted by molar-refractivity contribution is -0.274. The van der Waals surface area contributed by atoms with Crippen molar-refractivity contribution in [3.05, 3.63) is 77.2 Å². The number of aryl methyl sites for hydroxylation is 1. The Balaban J connectivity index is 1.40. The molecule has 35 heavy (non-hydrogen) atoms. The highest BCUT2D eigenvalue weighted by Crippen LogP contribution is 2.32. The number of thiazole rings is 1. The second kappa shape index (κ2) is 8.77. The minimum absolute atomic E-state index is 0.309. The maximum absolute atomic E-state index is 12.6. The lowest BCUT2D eigenvalue weighted by Crippen LogP contribution is -2.17. The van der Waals surface area contributed by atoms with Gasteiger partial charge in [-0.2, -0.15) is 5.26 Å². The van der Waals surface area contributed by atoms with Crippen LogP contribution in [0, 0.1) is 18.3 Å². The molecule has 0 fully saturated rings. The Bertz CT molecular complexity index is 1570. The number of H-pyrrole nitrogens is 1. The molecule has 0 atom stereocenters. The minimum atomic E-state index is -4.76. The number of nitriles is 1. The average molecular weight is 491 g/mol. The van der Waals surface area contributed by atoms with E-state index in [1.807, 2.05) is 36.6 Å². The Labute approximate surface area is 201 Å². The van der Waals surface area contributed by atoms with Crippen molar-refractivity contribution in [3.63, 3.8) is 0 Å². The fourth-order valence-corrected chi connectivity index (χ4v) is 4.30. The molecular weight excluding hydrogens is 475 g/mol. The molecule has 0 aliphatic heterocycles. The molecule has 0 aliphatic rings. The van der Waals surface area contributed by atoms with Gasteiger partial charge in [-0.3, -0.25) is 0 Å². The number of hydrogen-bond donors (Lipinski definition) is 2. The molecule has 2 N–H and O–H groups in total. The maximum Gasteiger partial charge on any atom is 0.573 e. The van der Waals surface area contributed by atoms with Crippen LogP contribution in [0.5, 0.6) is 5.75 Å². The SMILES string of the molecule is Cc1cc2nc(-c3cccc(OC(F)(F)F)c3)[nH]c2cc1Nc1nc(-c2ccc(C#N)cc2)cs1. The van der Waals surface area contributed by atoms with Gasteiger partial charge in [0.1, 0.15) is 11.6 Å². The van der Waals surface area contributed by atoms with Crippen LogP contribution in [0.25, 0.3) is 33.7 Å². The number of benzene rings is 3. The van der Waals surface area contributed by atoms with Gasteiger partial charge in [0.05, 0.1) is 28.4 Å². The van der Waals surface area contributed by atoms with Crippen molar-refractivity contribution in [2.75, 3.05) is 5.32 Å². The summed E-state index contributed by atoms with van der Waals surface area (Å²) < 4.78 is 41.7. The largest absolute Gasteiger partial charge is 0.573 e. The first-order valence-corrected chi connectivity index (χ1v) is 11.2. The van der Waals surface area contributed by atoms with E-state index < -0.39 is 6.36 Å². The Morgan fingerprint density at radius 1 is 1.03 bits per heavy atom. The van der Waals surface area contributed by atoms with Gasteiger partial charge >= 0.3 is 6.36 Å². The van der Waals surface area contributed by atoms with Crippen LogP contribution in [0.2, 0.25) is 0 Å². The van der Waals surface area contributed by atoms with Gasteiger partial charge in [0.25, 0.3) is 0 Å². The number of rotatable bonds is 5. The van der Waals surface area contributed by atoms with E-state index in [9.17, 15) is 13.2 Å². The lowest BCUT2D eigenvalue weighted by atomic mass is 10.1. The van der Waals surface area contributed by atoms with Crippen LogP contribution in [0.3, 0.4) is 0 Å². The standard InChI is InChI=1S/C25H16F3N5OS/c1-14-9-20-21(31-23(30-20)17-3-2-4-18(10-17)34-25(26,27)28)11-19(14)32-24-33-22(13-35-24)16-7-5-15(12-29)6-8-16/h2-11,13H,1H3,(H,30,31)(H,32,33). The molecule has 0 bridgehead atoms. The van der Waals surface area contributed by atoms with Crippen molar-refractivity contribution in [2.45, 2.75) is 13.3 Å². The number of ether oxygens (including phenoxy) is 1. The maximum atomic E-state index is 12.6. The van der Waals surface area contributed by atoms with Crippen LogP contribution < -0.4 is 10.1 Å². The van der Waals surface area contributed by atoms with Crippen molar-refractivity contribution in [1.29, 1.82) is 5.26 Å². The van der Waals surface area contributed by atoms with E-state index in [2.05, 4.69) is 31.1 Å². The van der Waals surface area contributed by atoms with Gasteiger partial charge in [0, 0.05) is 22.2 Å². The molecular formula is C25H16F3N5OS. The summed E-state index contributed by atoms with van der Waals surface area (Å²) in [5, 5.41) is 14.9. The van der Waals surface area contributed by atoms with Crippen LogP contribution in [0.4, 0.5) is 24.0 Å². The van der Waals surface area contributed by atoms with E-state index in [1.165, 1.54) is 29.5 Å².